The van der Waals surface area contributed by atoms with E-state index in [9.17, 15) is 0 Å². The Hall–Kier alpha value is -2.44. The van der Waals surface area contributed by atoms with Gasteiger partial charge in [0.15, 0.2) is 0 Å². The van der Waals surface area contributed by atoms with Gasteiger partial charge in [-0.2, -0.15) is 0 Å². The zero-order valence-corrected chi connectivity index (χ0v) is 14.7. The van der Waals surface area contributed by atoms with Crippen LogP contribution >= 0.6 is 0 Å². The van der Waals surface area contributed by atoms with Crippen LogP contribution < -0.4 is 10.1 Å². The number of anilines is 1. The molecule has 2 aliphatic rings. The van der Waals surface area contributed by atoms with Crippen LogP contribution in [0.5, 0.6) is 5.75 Å². The zero-order valence-electron chi connectivity index (χ0n) is 14.7. The molecule has 2 aliphatic heterocycles. The topological polar surface area (TPSA) is 30.5 Å². The Morgan fingerprint density at radius 3 is 2.80 bits per heavy atom. The van der Waals surface area contributed by atoms with Gasteiger partial charge in [0.05, 0.1) is 12.1 Å². The molecular formula is C22H23NO2. The molecule has 4 rings (SSSR count). The van der Waals surface area contributed by atoms with Crippen LogP contribution in [0.1, 0.15) is 40.8 Å². The molecule has 1 saturated heterocycles. The van der Waals surface area contributed by atoms with E-state index in [4.69, 9.17) is 15.9 Å². The lowest BCUT2D eigenvalue weighted by Crippen LogP contribution is -2.29. The number of aryl methyl sites for hydroxylation is 2. The number of nitrogens with one attached hydrogen (secondary N) is 1. The summed E-state index contributed by atoms with van der Waals surface area (Å²) in [6.07, 6.45) is 6.50. The van der Waals surface area contributed by atoms with Crippen molar-refractivity contribution in [2.45, 2.75) is 32.4 Å². The van der Waals surface area contributed by atoms with Gasteiger partial charge in [-0.3, -0.25) is 0 Å². The number of hydrogen-bond donors (Lipinski definition) is 1. The molecule has 0 saturated carbocycles. The van der Waals surface area contributed by atoms with E-state index in [1.807, 2.05) is 12.1 Å². The summed E-state index contributed by atoms with van der Waals surface area (Å²) in [6, 6.07) is 13.0. The second-order valence-corrected chi connectivity index (χ2v) is 6.97. The van der Waals surface area contributed by atoms with Gasteiger partial charge in [0.2, 0.25) is 0 Å². The lowest BCUT2D eigenvalue weighted by Gasteiger charge is -2.37. The summed E-state index contributed by atoms with van der Waals surface area (Å²) in [6.45, 7) is 5.44. The molecule has 2 aromatic carbocycles. The summed E-state index contributed by atoms with van der Waals surface area (Å²) in [5, 5.41) is 3.79. The smallest absolute Gasteiger partial charge is 0.148 e. The van der Waals surface area contributed by atoms with E-state index in [0.29, 0.717) is 12.5 Å². The summed E-state index contributed by atoms with van der Waals surface area (Å²) >= 11 is 0. The maximum Gasteiger partial charge on any atom is 0.148 e. The van der Waals surface area contributed by atoms with E-state index in [1.54, 1.807) is 0 Å². The molecular weight excluding hydrogens is 310 g/mol. The Bertz CT molecular complexity index is 819. The van der Waals surface area contributed by atoms with Crippen molar-refractivity contribution >= 4 is 5.69 Å². The second kappa shape index (κ2) is 6.46. The Morgan fingerprint density at radius 1 is 1.24 bits per heavy atom. The Balaban J connectivity index is 1.68. The van der Waals surface area contributed by atoms with Crippen molar-refractivity contribution < 1.29 is 9.47 Å². The van der Waals surface area contributed by atoms with Crippen LogP contribution in [0.25, 0.3) is 0 Å². The molecule has 0 aliphatic carbocycles. The quantitative estimate of drug-likeness (QED) is 0.835. The van der Waals surface area contributed by atoms with E-state index >= 15 is 0 Å². The Kier molecular flexibility index (Phi) is 4.15. The SMILES string of the molecule is C#CCOc1ccc([C@H]2Nc3c(C)cc(C)cc3[C@H]3OCC[C@@H]23)cc1. The Labute approximate surface area is 149 Å². The number of benzene rings is 2. The summed E-state index contributed by atoms with van der Waals surface area (Å²) in [7, 11) is 0. The molecule has 1 N–H and O–H groups in total. The standard InChI is InChI=1S/C22H23NO2/c1-4-10-24-17-7-5-16(6-8-17)21-18-9-11-25-22(18)19-13-14(2)12-15(3)20(19)23-21/h1,5-8,12-13,18,21-23H,9-11H2,2-3H3/t18-,21+,22-/m0/s1. The molecule has 3 heteroatoms. The fraction of sp³-hybridized carbons (Fsp3) is 0.364. The van der Waals surface area contributed by atoms with Gasteiger partial charge < -0.3 is 14.8 Å². The van der Waals surface area contributed by atoms with Crippen LogP contribution in [-0.4, -0.2) is 13.2 Å². The molecule has 25 heavy (non-hydrogen) atoms. The molecule has 0 unspecified atom stereocenters. The maximum atomic E-state index is 6.14. The van der Waals surface area contributed by atoms with Crippen molar-refractivity contribution in [3.05, 3.63) is 58.7 Å². The van der Waals surface area contributed by atoms with Gasteiger partial charge in [-0.15, -0.1) is 6.42 Å². The first kappa shape index (κ1) is 16.1. The molecule has 2 aromatic rings. The molecule has 128 valence electrons. The normalized spacial score (nSPS) is 24.0. The largest absolute Gasteiger partial charge is 0.481 e. The van der Waals surface area contributed by atoms with Crippen molar-refractivity contribution in [3.8, 4) is 18.1 Å². The third kappa shape index (κ3) is 2.88. The lowest BCUT2D eigenvalue weighted by molar-refractivity contribution is 0.0828. The van der Waals surface area contributed by atoms with Crippen molar-refractivity contribution in [3.63, 3.8) is 0 Å². The molecule has 0 radical (unpaired) electrons. The highest BCUT2D eigenvalue weighted by molar-refractivity contribution is 5.63. The summed E-state index contributed by atoms with van der Waals surface area (Å²) < 4.78 is 11.6. The summed E-state index contributed by atoms with van der Waals surface area (Å²) in [4.78, 5) is 0. The predicted octanol–water partition coefficient (Wildman–Crippen LogP) is 4.56. The van der Waals surface area contributed by atoms with Crippen molar-refractivity contribution in [2.75, 3.05) is 18.5 Å². The van der Waals surface area contributed by atoms with Gasteiger partial charge in [-0.1, -0.05) is 35.7 Å². The summed E-state index contributed by atoms with van der Waals surface area (Å²) in [5.41, 5.74) is 6.37. The van der Waals surface area contributed by atoms with Gasteiger partial charge in [0, 0.05) is 23.8 Å². The monoisotopic (exact) mass is 333 g/mol. The molecule has 2 heterocycles. The average molecular weight is 333 g/mol. The first-order valence-electron chi connectivity index (χ1n) is 8.83. The highest BCUT2D eigenvalue weighted by Crippen LogP contribution is 2.51. The van der Waals surface area contributed by atoms with Crippen molar-refractivity contribution in [1.29, 1.82) is 0 Å². The van der Waals surface area contributed by atoms with E-state index in [2.05, 4.69) is 49.4 Å². The molecule has 0 amide bonds. The minimum absolute atomic E-state index is 0.178. The highest BCUT2D eigenvalue weighted by atomic mass is 16.5. The predicted molar refractivity (Wildman–Crippen MR) is 99.8 cm³/mol. The molecule has 0 spiro atoms. The maximum absolute atomic E-state index is 6.14. The van der Waals surface area contributed by atoms with Crippen LogP contribution in [0.2, 0.25) is 0 Å². The number of rotatable bonds is 3. The minimum atomic E-state index is 0.178. The van der Waals surface area contributed by atoms with Gasteiger partial charge in [0.25, 0.3) is 0 Å². The van der Waals surface area contributed by atoms with Crippen LogP contribution in [0.3, 0.4) is 0 Å². The molecule has 0 bridgehead atoms. The molecule has 3 atom stereocenters. The van der Waals surface area contributed by atoms with Gasteiger partial charge in [0.1, 0.15) is 12.4 Å². The highest BCUT2D eigenvalue weighted by Gasteiger charge is 2.41. The van der Waals surface area contributed by atoms with Crippen LogP contribution in [0.4, 0.5) is 5.69 Å². The van der Waals surface area contributed by atoms with Crippen LogP contribution in [0, 0.1) is 32.1 Å². The minimum Gasteiger partial charge on any atom is -0.481 e. The first-order valence-corrected chi connectivity index (χ1v) is 8.83. The third-order valence-electron chi connectivity index (χ3n) is 5.24. The van der Waals surface area contributed by atoms with E-state index in [0.717, 1.165) is 18.8 Å². The van der Waals surface area contributed by atoms with Gasteiger partial charge in [-0.25, -0.2) is 0 Å². The van der Waals surface area contributed by atoms with Gasteiger partial charge in [-0.05, 0) is 43.5 Å². The van der Waals surface area contributed by atoms with Crippen molar-refractivity contribution in [1.82, 2.24) is 0 Å². The van der Waals surface area contributed by atoms with Crippen LogP contribution in [-0.2, 0) is 4.74 Å². The number of hydrogen-bond acceptors (Lipinski definition) is 3. The first-order chi connectivity index (χ1) is 12.2. The Morgan fingerprint density at radius 2 is 2.04 bits per heavy atom. The second-order valence-electron chi connectivity index (χ2n) is 6.97. The van der Waals surface area contributed by atoms with Crippen LogP contribution in [0.15, 0.2) is 36.4 Å². The van der Waals surface area contributed by atoms with E-state index < -0.39 is 0 Å². The zero-order chi connectivity index (χ0) is 17.4. The molecule has 0 aromatic heterocycles. The lowest BCUT2D eigenvalue weighted by atomic mass is 9.80. The summed E-state index contributed by atoms with van der Waals surface area (Å²) in [5.74, 6) is 3.75. The average Bonchev–Trinajstić information content (AvgIpc) is 3.10. The molecule has 1 fully saturated rings. The number of fused-ring (bicyclic) bond motifs is 3. The third-order valence-corrected chi connectivity index (χ3v) is 5.24. The van der Waals surface area contributed by atoms with Gasteiger partial charge >= 0.3 is 0 Å². The van der Waals surface area contributed by atoms with E-state index in [1.165, 1.54) is 27.9 Å². The van der Waals surface area contributed by atoms with E-state index in [-0.39, 0.29) is 12.1 Å². The number of terminal acetylenes is 1. The molecule has 3 nitrogen and oxygen atoms in total. The van der Waals surface area contributed by atoms with Crippen molar-refractivity contribution in [2.24, 2.45) is 5.92 Å². The fourth-order valence-electron chi connectivity index (χ4n) is 4.18. The number of ether oxygens (including phenoxy) is 2. The fourth-order valence-corrected chi connectivity index (χ4v) is 4.18.